The molecule has 0 aliphatic heterocycles. The molecule has 0 aliphatic rings. The highest BCUT2D eigenvalue weighted by Gasteiger charge is 2.13. The molecule has 9 nitrogen and oxygen atoms in total. The molecule has 9 heteroatoms. The Labute approximate surface area is 174 Å². The number of ether oxygens (including phenoxy) is 2. The number of nitrogens with zero attached hydrogens (tertiary/aromatic N) is 4. The molecular formula is C21H24N6O3. The van der Waals surface area contributed by atoms with Crippen molar-refractivity contribution in [2.75, 3.05) is 31.8 Å². The Morgan fingerprint density at radius 3 is 2.33 bits per heavy atom. The van der Waals surface area contributed by atoms with E-state index in [4.69, 9.17) is 15.2 Å². The molecule has 2 aromatic carbocycles. The molecular weight excluding hydrogens is 384 g/mol. The van der Waals surface area contributed by atoms with Crippen LogP contribution in [0.15, 0.2) is 57.5 Å². The van der Waals surface area contributed by atoms with E-state index in [1.165, 1.54) is 4.57 Å². The molecule has 0 unspecified atom stereocenters. The van der Waals surface area contributed by atoms with E-state index in [1.807, 2.05) is 49.4 Å². The summed E-state index contributed by atoms with van der Waals surface area (Å²) in [4.78, 5) is 15.6. The molecule has 30 heavy (non-hydrogen) atoms. The molecule has 0 atom stereocenters. The van der Waals surface area contributed by atoms with Gasteiger partial charge in [0.25, 0.3) is 0 Å². The minimum Gasteiger partial charge on any atom is -0.493 e. The number of rotatable bonds is 7. The molecule has 0 spiro atoms. The normalized spacial score (nSPS) is 10.9. The molecule has 0 bridgehead atoms. The molecule has 3 N–H and O–H groups in total. The van der Waals surface area contributed by atoms with Gasteiger partial charge in [0.15, 0.2) is 23.0 Å². The molecule has 0 aliphatic carbocycles. The number of hydrogen-bond acceptors (Lipinski definition) is 8. The third kappa shape index (κ3) is 4.24. The van der Waals surface area contributed by atoms with Crippen molar-refractivity contribution < 1.29 is 9.47 Å². The molecule has 0 saturated heterocycles. The van der Waals surface area contributed by atoms with E-state index in [9.17, 15) is 4.79 Å². The van der Waals surface area contributed by atoms with Crippen LogP contribution in [0.3, 0.4) is 0 Å². The summed E-state index contributed by atoms with van der Waals surface area (Å²) in [5.41, 5.74) is 8.37. The van der Waals surface area contributed by atoms with Crippen molar-refractivity contribution >= 4 is 23.0 Å². The Morgan fingerprint density at radius 2 is 1.70 bits per heavy atom. The molecule has 0 amide bonds. The van der Waals surface area contributed by atoms with E-state index in [-0.39, 0.29) is 5.82 Å². The van der Waals surface area contributed by atoms with Crippen LogP contribution in [-0.2, 0) is 7.05 Å². The van der Waals surface area contributed by atoms with Crippen LogP contribution in [0, 0.1) is 0 Å². The van der Waals surface area contributed by atoms with Gasteiger partial charge in [-0.05, 0) is 42.3 Å². The van der Waals surface area contributed by atoms with Gasteiger partial charge in [0, 0.05) is 13.6 Å². The van der Waals surface area contributed by atoms with Crippen LogP contribution in [0.4, 0.5) is 23.0 Å². The average molecular weight is 408 g/mol. The zero-order valence-corrected chi connectivity index (χ0v) is 17.3. The number of nitrogens with one attached hydrogen (secondary N) is 1. The monoisotopic (exact) mass is 408 g/mol. The molecule has 0 saturated carbocycles. The maximum absolute atomic E-state index is 11.9. The summed E-state index contributed by atoms with van der Waals surface area (Å²) in [6.45, 7) is 2.51. The van der Waals surface area contributed by atoms with E-state index in [0.29, 0.717) is 35.2 Å². The first kappa shape index (κ1) is 20.8. The molecule has 3 rings (SSSR count). The predicted octanol–water partition coefficient (Wildman–Crippen LogP) is 3.89. The van der Waals surface area contributed by atoms with Crippen molar-refractivity contribution in [1.29, 1.82) is 0 Å². The van der Waals surface area contributed by atoms with Gasteiger partial charge in [0.2, 0.25) is 0 Å². The summed E-state index contributed by atoms with van der Waals surface area (Å²) in [5.74, 6) is 1.83. The van der Waals surface area contributed by atoms with Crippen molar-refractivity contribution in [2.45, 2.75) is 6.92 Å². The molecule has 0 radical (unpaired) electrons. The van der Waals surface area contributed by atoms with Crippen molar-refractivity contribution in [3.8, 4) is 22.6 Å². The topological polar surface area (TPSA) is 116 Å². The van der Waals surface area contributed by atoms with Crippen molar-refractivity contribution in [3.63, 3.8) is 0 Å². The van der Waals surface area contributed by atoms with E-state index in [0.717, 1.165) is 11.1 Å². The number of hydrogen-bond donors (Lipinski definition) is 2. The first-order valence-electron chi connectivity index (χ1n) is 9.33. The lowest BCUT2D eigenvalue weighted by Crippen LogP contribution is -2.24. The number of anilines is 2. The number of azo groups is 1. The zero-order chi connectivity index (χ0) is 21.7. The summed E-state index contributed by atoms with van der Waals surface area (Å²) in [6, 6.07) is 13.3. The lowest BCUT2D eigenvalue weighted by molar-refractivity contribution is 0.355. The minimum absolute atomic E-state index is 0.0275. The van der Waals surface area contributed by atoms with Gasteiger partial charge in [-0.15, -0.1) is 5.11 Å². The van der Waals surface area contributed by atoms with Gasteiger partial charge >= 0.3 is 5.69 Å². The Balaban J connectivity index is 1.89. The van der Waals surface area contributed by atoms with Crippen LogP contribution in [-0.4, -0.2) is 30.3 Å². The second-order valence-corrected chi connectivity index (χ2v) is 6.38. The fourth-order valence-electron chi connectivity index (χ4n) is 2.92. The predicted molar refractivity (Wildman–Crippen MR) is 117 cm³/mol. The summed E-state index contributed by atoms with van der Waals surface area (Å²) in [6.07, 6.45) is 0. The van der Waals surface area contributed by atoms with Gasteiger partial charge in [-0.25, -0.2) is 4.79 Å². The Bertz CT molecular complexity index is 1120. The lowest BCUT2D eigenvalue weighted by Gasteiger charge is -2.12. The molecule has 3 aromatic rings. The van der Waals surface area contributed by atoms with Gasteiger partial charge in [0.05, 0.1) is 19.9 Å². The highest BCUT2D eigenvalue weighted by atomic mass is 16.5. The Hall–Kier alpha value is -3.88. The van der Waals surface area contributed by atoms with Crippen molar-refractivity contribution in [3.05, 3.63) is 52.9 Å². The van der Waals surface area contributed by atoms with Crippen LogP contribution in [0.25, 0.3) is 11.1 Å². The van der Waals surface area contributed by atoms with E-state index < -0.39 is 5.69 Å². The third-order valence-electron chi connectivity index (χ3n) is 4.50. The Kier molecular flexibility index (Phi) is 6.31. The van der Waals surface area contributed by atoms with Crippen LogP contribution < -0.4 is 26.2 Å². The fraction of sp³-hybridized carbons (Fsp3) is 0.238. The van der Waals surface area contributed by atoms with Crippen molar-refractivity contribution in [2.24, 2.45) is 17.3 Å². The first-order chi connectivity index (χ1) is 14.5. The second-order valence-electron chi connectivity index (χ2n) is 6.38. The average Bonchev–Trinajstić information content (AvgIpc) is 2.77. The highest BCUT2D eigenvalue weighted by Crippen LogP contribution is 2.34. The number of nitrogen functional groups attached to an aromatic ring is 1. The molecule has 1 aromatic heterocycles. The smallest absolute Gasteiger partial charge is 0.350 e. The molecule has 0 fully saturated rings. The highest BCUT2D eigenvalue weighted by molar-refractivity contribution is 5.72. The summed E-state index contributed by atoms with van der Waals surface area (Å²) >= 11 is 0. The van der Waals surface area contributed by atoms with Gasteiger partial charge in [-0.2, -0.15) is 10.1 Å². The van der Waals surface area contributed by atoms with Crippen LogP contribution in [0.5, 0.6) is 11.5 Å². The van der Waals surface area contributed by atoms with Gasteiger partial charge in [-0.3, -0.25) is 4.57 Å². The quantitative estimate of drug-likeness (QED) is 0.573. The maximum Gasteiger partial charge on any atom is 0.350 e. The molecule has 1 heterocycles. The van der Waals surface area contributed by atoms with Crippen LogP contribution in [0.2, 0.25) is 0 Å². The minimum atomic E-state index is -0.457. The number of methoxy groups -OCH3 is 2. The summed E-state index contributed by atoms with van der Waals surface area (Å²) < 4.78 is 12.0. The zero-order valence-electron chi connectivity index (χ0n) is 17.3. The fourth-order valence-corrected chi connectivity index (χ4v) is 2.92. The van der Waals surface area contributed by atoms with Gasteiger partial charge < -0.3 is 20.5 Å². The van der Waals surface area contributed by atoms with E-state index in [1.54, 1.807) is 21.3 Å². The standard InChI is InChI=1S/C21H24N6O3/c1-5-23-20-18(19(22)24-21(28)27(20)2)26-25-15-9-6-13(7-10-15)14-8-11-16(29-3)17(12-14)30-4/h6-12,23H,5H2,1-4H3,(H2,22,24,28). The van der Waals surface area contributed by atoms with Crippen LogP contribution >= 0.6 is 0 Å². The largest absolute Gasteiger partial charge is 0.493 e. The van der Waals surface area contributed by atoms with Gasteiger partial charge in [-0.1, -0.05) is 18.2 Å². The number of aromatic nitrogens is 2. The first-order valence-corrected chi connectivity index (χ1v) is 9.33. The third-order valence-corrected chi connectivity index (χ3v) is 4.50. The SMILES string of the molecule is CCNc1c(N=Nc2ccc(-c3ccc(OC)c(OC)c3)cc2)c(N)nc(=O)n1C. The van der Waals surface area contributed by atoms with Crippen LogP contribution in [0.1, 0.15) is 6.92 Å². The summed E-state index contributed by atoms with van der Waals surface area (Å²) in [7, 11) is 4.81. The maximum atomic E-state index is 11.9. The molecule has 156 valence electrons. The second kappa shape index (κ2) is 9.08. The van der Waals surface area contributed by atoms with E-state index in [2.05, 4.69) is 20.5 Å². The number of benzene rings is 2. The van der Waals surface area contributed by atoms with Crippen molar-refractivity contribution in [1.82, 2.24) is 9.55 Å². The van der Waals surface area contributed by atoms with Gasteiger partial charge in [0.1, 0.15) is 5.82 Å². The summed E-state index contributed by atoms with van der Waals surface area (Å²) in [5, 5.41) is 11.6. The number of nitrogens with two attached hydrogens (primary N) is 1. The van der Waals surface area contributed by atoms with E-state index >= 15 is 0 Å². The Morgan fingerprint density at radius 1 is 1.03 bits per heavy atom. The lowest BCUT2D eigenvalue weighted by atomic mass is 10.0.